The summed E-state index contributed by atoms with van der Waals surface area (Å²) in [5, 5.41) is 9.70. The Kier molecular flexibility index (Phi) is 4.65. The number of aromatic nitrogens is 5. The van der Waals surface area contributed by atoms with Gasteiger partial charge in [-0.2, -0.15) is 0 Å². The molecule has 6 nitrogen and oxygen atoms in total. The monoisotopic (exact) mass is 393 g/mol. The molecule has 3 heterocycles. The Morgan fingerprint density at radius 1 is 0.833 bits per heavy atom. The molecule has 0 spiro atoms. The van der Waals surface area contributed by atoms with Gasteiger partial charge in [-0.15, -0.1) is 10.2 Å². The Labute approximate surface area is 173 Å². The quantitative estimate of drug-likeness (QED) is 0.430. The van der Waals surface area contributed by atoms with Crippen LogP contribution in [0.4, 0.5) is 0 Å². The Morgan fingerprint density at radius 2 is 1.63 bits per heavy atom. The Balaban J connectivity index is 1.35. The zero-order valence-electron chi connectivity index (χ0n) is 16.4. The third-order valence-electron chi connectivity index (χ3n) is 4.90. The van der Waals surface area contributed by atoms with Crippen LogP contribution in [0.2, 0.25) is 0 Å². The average molecular weight is 393 g/mol. The maximum absolute atomic E-state index is 5.95. The molecule has 0 aliphatic rings. The molecule has 0 aliphatic carbocycles. The summed E-state index contributed by atoms with van der Waals surface area (Å²) in [5.41, 5.74) is 3.81. The molecule has 146 valence electrons. The molecule has 0 radical (unpaired) electrons. The minimum absolute atomic E-state index is 0.415. The highest BCUT2D eigenvalue weighted by atomic mass is 16.5. The van der Waals surface area contributed by atoms with Gasteiger partial charge in [0.2, 0.25) is 0 Å². The van der Waals surface area contributed by atoms with E-state index >= 15 is 0 Å². The number of hydrogen-bond acceptors (Lipinski definition) is 5. The van der Waals surface area contributed by atoms with Crippen LogP contribution in [0.1, 0.15) is 11.5 Å². The molecule has 6 heteroatoms. The number of fused-ring (bicyclic) bond motifs is 1. The fraction of sp³-hybridized carbons (Fsp3) is 0.0833. The summed E-state index contributed by atoms with van der Waals surface area (Å²) in [4.78, 5) is 8.73. The van der Waals surface area contributed by atoms with Gasteiger partial charge in [-0.1, -0.05) is 24.3 Å². The third-order valence-corrected chi connectivity index (χ3v) is 4.90. The molecule has 0 aliphatic heterocycles. The second-order valence-corrected chi connectivity index (χ2v) is 6.92. The van der Waals surface area contributed by atoms with Gasteiger partial charge < -0.3 is 4.74 Å². The summed E-state index contributed by atoms with van der Waals surface area (Å²) in [6, 6.07) is 23.9. The summed E-state index contributed by atoms with van der Waals surface area (Å²) in [6.45, 7) is 2.35. The molecule has 2 aromatic carbocycles. The van der Waals surface area contributed by atoms with Crippen LogP contribution in [-0.4, -0.2) is 24.7 Å². The molecule has 0 N–H and O–H groups in total. The summed E-state index contributed by atoms with van der Waals surface area (Å²) in [6.07, 6.45) is 3.50. The molecule has 0 unspecified atom stereocenters. The maximum Gasteiger partial charge on any atom is 0.168 e. The summed E-state index contributed by atoms with van der Waals surface area (Å²) in [5.74, 6) is 2.38. The molecule has 0 atom stereocenters. The first-order chi connectivity index (χ1) is 14.8. The lowest BCUT2D eigenvalue weighted by Crippen LogP contribution is -2.01. The SMILES string of the molecule is Cc1nnc(-c2ccncc2)n1-c1ccc(OCc2ccc3ccccc3n2)cc1. The van der Waals surface area contributed by atoms with E-state index < -0.39 is 0 Å². The fourth-order valence-corrected chi connectivity index (χ4v) is 3.40. The molecule has 30 heavy (non-hydrogen) atoms. The molecule has 0 fully saturated rings. The molecule has 0 saturated heterocycles. The number of benzene rings is 2. The van der Waals surface area contributed by atoms with Crippen LogP contribution < -0.4 is 4.74 Å². The van der Waals surface area contributed by atoms with E-state index in [-0.39, 0.29) is 0 Å². The average Bonchev–Trinajstić information content (AvgIpc) is 3.20. The Morgan fingerprint density at radius 3 is 2.47 bits per heavy atom. The normalized spacial score (nSPS) is 11.0. The molecule has 3 aromatic heterocycles. The lowest BCUT2D eigenvalue weighted by atomic mass is 10.2. The fourth-order valence-electron chi connectivity index (χ4n) is 3.40. The van der Waals surface area contributed by atoms with Gasteiger partial charge in [-0.05, 0) is 55.5 Å². The highest BCUT2D eigenvalue weighted by Crippen LogP contribution is 2.24. The van der Waals surface area contributed by atoms with Crippen LogP contribution in [0.5, 0.6) is 5.75 Å². The predicted molar refractivity (Wildman–Crippen MR) is 115 cm³/mol. The van der Waals surface area contributed by atoms with Gasteiger partial charge in [0.1, 0.15) is 18.2 Å². The second kappa shape index (κ2) is 7.75. The lowest BCUT2D eigenvalue weighted by molar-refractivity contribution is 0.302. The van der Waals surface area contributed by atoms with E-state index in [1.807, 2.05) is 72.2 Å². The largest absolute Gasteiger partial charge is 0.487 e. The van der Waals surface area contributed by atoms with Crippen molar-refractivity contribution in [2.24, 2.45) is 0 Å². The van der Waals surface area contributed by atoms with E-state index in [0.717, 1.165) is 45.2 Å². The summed E-state index contributed by atoms with van der Waals surface area (Å²) < 4.78 is 7.97. The number of rotatable bonds is 5. The van der Waals surface area contributed by atoms with Gasteiger partial charge in [-0.25, -0.2) is 4.98 Å². The molecule has 0 bridgehead atoms. The van der Waals surface area contributed by atoms with Crippen molar-refractivity contribution in [3.63, 3.8) is 0 Å². The van der Waals surface area contributed by atoms with E-state index in [2.05, 4.69) is 32.3 Å². The summed E-state index contributed by atoms with van der Waals surface area (Å²) in [7, 11) is 0. The van der Waals surface area contributed by atoms with Crippen LogP contribution in [0.25, 0.3) is 28.0 Å². The zero-order valence-corrected chi connectivity index (χ0v) is 16.4. The first kappa shape index (κ1) is 18.0. The zero-order chi connectivity index (χ0) is 20.3. The van der Waals surface area contributed by atoms with Crippen LogP contribution in [-0.2, 0) is 6.61 Å². The van der Waals surface area contributed by atoms with Crippen molar-refractivity contribution in [2.75, 3.05) is 0 Å². The number of hydrogen-bond donors (Lipinski definition) is 0. The standard InChI is InChI=1S/C24H19N5O/c1-17-27-28-24(19-12-14-25-15-13-19)29(17)21-8-10-22(11-9-21)30-16-20-7-6-18-4-2-3-5-23(18)26-20/h2-15H,16H2,1H3. The maximum atomic E-state index is 5.95. The molecule has 5 aromatic rings. The van der Waals surface area contributed by atoms with E-state index in [1.165, 1.54) is 0 Å². The topological polar surface area (TPSA) is 65.7 Å². The number of nitrogens with zero attached hydrogens (tertiary/aromatic N) is 5. The number of para-hydroxylation sites is 1. The molecule has 0 amide bonds. The Hall–Kier alpha value is -4.06. The lowest BCUT2D eigenvalue weighted by Gasteiger charge is -2.11. The molecular formula is C24H19N5O. The van der Waals surface area contributed by atoms with E-state index in [1.54, 1.807) is 12.4 Å². The smallest absolute Gasteiger partial charge is 0.168 e. The van der Waals surface area contributed by atoms with Crippen molar-refractivity contribution in [2.45, 2.75) is 13.5 Å². The van der Waals surface area contributed by atoms with Gasteiger partial charge in [0.05, 0.1) is 11.2 Å². The molecular weight excluding hydrogens is 374 g/mol. The van der Waals surface area contributed by atoms with E-state index in [4.69, 9.17) is 4.74 Å². The van der Waals surface area contributed by atoms with Crippen LogP contribution in [0, 0.1) is 6.92 Å². The number of pyridine rings is 2. The van der Waals surface area contributed by atoms with Crippen molar-refractivity contribution in [1.82, 2.24) is 24.7 Å². The van der Waals surface area contributed by atoms with Crippen molar-refractivity contribution in [3.05, 3.63) is 96.7 Å². The minimum Gasteiger partial charge on any atom is -0.487 e. The van der Waals surface area contributed by atoms with Gasteiger partial charge in [-0.3, -0.25) is 9.55 Å². The predicted octanol–water partition coefficient (Wildman–Crippen LogP) is 4.76. The third kappa shape index (κ3) is 3.51. The van der Waals surface area contributed by atoms with Crippen molar-refractivity contribution < 1.29 is 4.74 Å². The van der Waals surface area contributed by atoms with Gasteiger partial charge >= 0.3 is 0 Å². The minimum atomic E-state index is 0.415. The number of ether oxygens (including phenoxy) is 1. The second-order valence-electron chi connectivity index (χ2n) is 6.92. The first-order valence-electron chi connectivity index (χ1n) is 9.68. The van der Waals surface area contributed by atoms with Crippen molar-refractivity contribution in [3.8, 4) is 22.8 Å². The number of aryl methyl sites for hydroxylation is 1. The first-order valence-corrected chi connectivity index (χ1v) is 9.68. The van der Waals surface area contributed by atoms with Gasteiger partial charge in [0.25, 0.3) is 0 Å². The van der Waals surface area contributed by atoms with Crippen LogP contribution in [0.15, 0.2) is 85.2 Å². The van der Waals surface area contributed by atoms with Crippen molar-refractivity contribution in [1.29, 1.82) is 0 Å². The van der Waals surface area contributed by atoms with Crippen LogP contribution >= 0.6 is 0 Å². The Bertz CT molecular complexity index is 1300. The van der Waals surface area contributed by atoms with Gasteiger partial charge in [0, 0.05) is 29.0 Å². The molecule has 0 saturated carbocycles. The van der Waals surface area contributed by atoms with Gasteiger partial charge in [0.15, 0.2) is 5.82 Å². The highest BCUT2D eigenvalue weighted by molar-refractivity contribution is 5.78. The summed E-state index contributed by atoms with van der Waals surface area (Å²) >= 11 is 0. The van der Waals surface area contributed by atoms with E-state index in [9.17, 15) is 0 Å². The van der Waals surface area contributed by atoms with Crippen LogP contribution in [0.3, 0.4) is 0 Å². The van der Waals surface area contributed by atoms with E-state index in [0.29, 0.717) is 6.61 Å². The molecule has 5 rings (SSSR count). The highest BCUT2D eigenvalue weighted by Gasteiger charge is 2.12. The van der Waals surface area contributed by atoms with Crippen molar-refractivity contribution >= 4 is 10.9 Å².